The Morgan fingerprint density at radius 3 is 1.87 bits per heavy atom. The van der Waals surface area contributed by atoms with Crippen molar-refractivity contribution in [3.63, 3.8) is 0 Å². The number of furan rings is 1. The van der Waals surface area contributed by atoms with E-state index in [1.807, 2.05) is 36.5 Å². The monoisotopic (exact) mass is 582 g/mol. The van der Waals surface area contributed by atoms with E-state index in [1.165, 1.54) is 27.8 Å². The maximum atomic E-state index is 7.91. The minimum Gasteiger partial charge on any atom is -0.455 e. The molecule has 0 aliphatic rings. The van der Waals surface area contributed by atoms with Gasteiger partial charge in [-0.1, -0.05) is 119 Å². The van der Waals surface area contributed by atoms with E-state index in [0.29, 0.717) is 17.5 Å². The smallest absolute Gasteiger partial charge is 0.188 e. The van der Waals surface area contributed by atoms with E-state index >= 15 is 0 Å². The zero-order valence-corrected chi connectivity index (χ0v) is 26.0. The van der Waals surface area contributed by atoms with Gasteiger partial charge in [0.2, 0.25) is 0 Å². The molecule has 0 aliphatic heterocycles. The molecule has 45 heavy (non-hydrogen) atoms. The van der Waals surface area contributed by atoms with Crippen LogP contribution in [0.4, 0.5) is 5.69 Å². The van der Waals surface area contributed by atoms with Crippen LogP contribution in [-0.2, 0) is 0 Å². The molecule has 7 rings (SSSR count). The van der Waals surface area contributed by atoms with E-state index in [1.54, 1.807) is 0 Å². The molecule has 0 fully saturated rings. The highest BCUT2D eigenvalue weighted by Crippen LogP contribution is 2.44. The number of hydrogen-bond acceptors (Lipinski definition) is 2. The second kappa shape index (κ2) is 11.6. The lowest BCUT2D eigenvalue weighted by atomic mass is 9.82. The number of nitrogens with zero attached hydrogens (tertiary/aromatic N) is 2. The van der Waals surface area contributed by atoms with Gasteiger partial charge in [0.05, 0.1) is 12.3 Å². The van der Waals surface area contributed by atoms with Crippen molar-refractivity contribution in [3.8, 4) is 44.6 Å². The highest BCUT2D eigenvalue weighted by Gasteiger charge is 2.21. The molecule has 0 bridgehead atoms. The average Bonchev–Trinajstić information content (AvgIpc) is 3.46. The molecule has 3 nitrogen and oxygen atoms in total. The number of benzene rings is 5. The molecule has 0 atom stereocenters. The van der Waals surface area contributed by atoms with E-state index in [0.717, 1.165) is 49.9 Å². The zero-order chi connectivity index (χ0) is 31.1. The van der Waals surface area contributed by atoms with E-state index in [9.17, 15) is 0 Å². The van der Waals surface area contributed by atoms with Gasteiger partial charge in [-0.15, -0.1) is 0 Å². The number of pyridine rings is 1. The van der Waals surface area contributed by atoms with Gasteiger partial charge < -0.3 is 4.42 Å². The Morgan fingerprint density at radius 2 is 1.22 bits per heavy atom. The SMILES string of the molecule is [C-]#[N+]c1cc(-c2cc(-c3c(C(C)C)cc(-c4ccccc4)cc3C(C)C)ccn2)c2oc3c(-c4ccccc4)cccc3c2c1. The van der Waals surface area contributed by atoms with Crippen LogP contribution in [0, 0.1) is 6.57 Å². The summed E-state index contributed by atoms with van der Waals surface area (Å²) in [5.74, 6) is 0.642. The summed E-state index contributed by atoms with van der Waals surface area (Å²) in [5.41, 5.74) is 13.3. The minimum absolute atomic E-state index is 0.321. The standard InChI is InChI=1S/C42H34N2O/c1-26(2)35-21-31(28-13-8-6-9-14-28)22-36(27(3)4)40(35)30-19-20-44-39(23-30)38-25-32(43-5)24-37-34-18-12-17-33(41(34)45-42(37)38)29-15-10-7-11-16-29/h6-27H,1-4H3. The lowest BCUT2D eigenvalue weighted by molar-refractivity contribution is 0.671. The van der Waals surface area contributed by atoms with Gasteiger partial charge >= 0.3 is 0 Å². The van der Waals surface area contributed by atoms with Crippen LogP contribution >= 0.6 is 0 Å². The van der Waals surface area contributed by atoms with Crippen molar-refractivity contribution in [3.05, 3.63) is 144 Å². The van der Waals surface area contributed by atoms with E-state index in [2.05, 4.69) is 117 Å². The van der Waals surface area contributed by atoms with Crippen LogP contribution in [0.15, 0.2) is 126 Å². The molecule has 5 aromatic carbocycles. The van der Waals surface area contributed by atoms with Gasteiger partial charge in [-0.05, 0) is 75.0 Å². The zero-order valence-electron chi connectivity index (χ0n) is 26.0. The highest BCUT2D eigenvalue weighted by molar-refractivity contribution is 6.14. The number of fused-ring (bicyclic) bond motifs is 3. The summed E-state index contributed by atoms with van der Waals surface area (Å²) in [6.45, 7) is 17.0. The summed E-state index contributed by atoms with van der Waals surface area (Å²) in [6, 6.07) is 40.0. The third-order valence-corrected chi connectivity index (χ3v) is 8.67. The third-order valence-electron chi connectivity index (χ3n) is 8.67. The maximum Gasteiger partial charge on any atom is 0.188 e. The first-order chi connectivity index (χ1) is 21.9. The first-order valence-corrected chi connectivity index (χ1v) is 15.5. The first-order valence-electron chi connectivity index (χ1n) is 15.5. The minimum atomic E-state index is 0.321. The Bertz CT molecular complexity index is 2190. The predicted octanol–water partition coefficient (Wildman–Crippen LogP) is 12.4. The summed E-state index contributed by atoms with van der Waals surface area (Å²) in [5, 5.41) is 1.92. The van der Waals surface area contributed by atoms with Gasteiger partial charge in [0.1, 0.15) is 11.2 Å². The Kier molecular flexibility index (Phi) is 7.28. The highest BCUT2D eigenvalue weighted by atomic mass is 16.3. The van der Waals surface area contributed by atoms with Crippen LogP contribution < -0.4 is 0 Å². The summed E-state index contributed by atoms with van der Waals surface area (Å²) in [4.78, 5) is 8.71. The Labute approximate surface area is 264 Å². The van der Waals surface area contributed by atoms with Crippen LogP contribution in [0.25, 0.3) is 71.4 Å². The molecule has 2 heterocycles. The molecular formula is C42H34N2O. The van der Waals surface area contributed by atoms with E-state index in [-0.39, 0.29) is 0 Å². The second-order valence-corrected chi connectivity index (χ2v) is 12.3. The normalized spacial score (nSPS) is 11.5. The summed E-state index contributed by atoms with van der Waals surface area (Å²) >= 11 is 0. The Morgan fingerprint density at radius 1 is 0.578 bits per heavy atom. The van der Waals surface area contributed by atoms with Crippen molar-refractivity contribution in [2.45, 2.75) is 39.5 Å². The van der Waals surface area contributed by atoms with Crippen molar-refractivity contribution in [1.82, 2.24) is 4.98 Å². The number of hydrogen-bond donors (Lipinski definition) is 0. The van der Waals surface area contributed by atoms with Crippen molar-refractivity contribution < 1.29 is 4.42 Å². The average molecular weight is 583 g/mol. The van der Waals surface area contributed by atoms with Gasteiger partial charge in [0.25, 0.3) is 0 Å². The Balaban J connectivity index is 1.45. The molecular weight excluding hydrogens is 548 g/mol. The summed E-state index contributed by atoms with van der Waals surface area (Å²) in [7, 11) is 0. The van der Waals surface area contributed by atoms with Gasteiger partial charge in [-0.25, -0.2) is 4.85 Å². The first kappa shape index (κ1) is 28.3. The number of rotatable bonds is 6. The van der Waals surface area contributed by atoms with E-state index in [4.69, 9.17) is 16.0 Å². The molecule has 3 heteroatoms. The predicted molar refractivity (Wildman–Crippen MR) is 188 cm³/mol. The molecule has 0 spiro atoms. The van der Waals surface area contributed by atoms with Crippen molar-refractivity contribution in [2.24, 2.45) is 0 Å². The van der Waals surface area contributed by atoms with E-state index < -0.39 is 0 Å². The third kappa shape index (κ3) is 5.09. The van der Waals surface area contributed by atoms with Crippen LogP contribution in [0.5, 0.6) is 0 Å². The van der Waals surface area contributed by atoms with Gasteiger partial charge in [0.15, 0.2) is 5.69 Å². The largest absolute Gasteiger partial charge is 0.455 e. The van der Waals surface area contributed by atoms with Crippen LogP contribution in [0.3, 0.4) is 0 Å². The fourth-order valence-corrected chi connectivity index (χ4v) is 6.45. The van der Waals surface area contributed by atoms with Gasteiger partial charge in [-0.3, -0.25) is 4.98 Å². The maximum absolute atomic E-state index is 7.91. The van der Waals surface area contributed by atoms with Crippen LogP contribution in [0.2, 0.25) is 0 Å². The molecule has 0 saturated heterocycles. The second-order valence-electron chi connectivity index (χ2n) is 12.3. The lowest BCUT2D eigenvalue weighted by Gasteiger charge is -2.22. The number of para-hydroxylation sites is 1. The summed E-state index contributed by atoms with van der Waals surface area (Å²) < 4.78 is 6.71. The molecule has 0 saturated carbocycles. The molecule has 0 radical (unpaired) electrons. The molecule has 218 valence electrons. The van der Waals surface area contributed by atoms with Gasteiger partial charge in [-0.2, -0.15) is 0 Å². The lowest BCUT2D eigenvalue weighted by Crippen LogP contribution is -2.02. The topological polar surface area (TPSA) is 30.4 Å². The van der Waals surface area contributed by atoms with Gasteiger partial charge in [0, 0.05) is 28.1 Å². The fraction of sp³-hybridized carbons (Fsp3) is 0.143. The molecule has 0 unspecified atom stereocenters. The molecule has 0 N–H and O–H groups in total. The fourth-order valence-electron chi connectivity index (χ4n) is 6.45. The van der Waals surface area contributed by atoms with Crippen molar-refractivity contribution in [1.29, 1.82) is 0 Å². The molecule has 7 aromatic rings. The molecule has 0 amide bonds. The molecule has 0 aliphatic carbocycles. The van der Waals surface area contributed by atoms with Crippen LogP contribution in [0.1, 0.15) is 50.7 Å². The molecule has 2 aromatic heterocycles. The van der Waals surface area contributed by atoms with Crippen molar-refractivity contribution in [2.75, 3.05) is 0 Å². The Hall–Kier alpha value is -5.46. The number of aromatic nitrogens is 1. The van der Waals surface area contributed by atoms with Crippen LogP contribution in [-0.4, -0.2) is 4.98 Å². The quantitative estimate of drug-likeness (QED) is 0.183. The summed E-state index contributed by atoms with van der Waals surface area (Å²) in [6.07, 6.45) is 1.89. The van der Waals surface area contributed by atoms with Crippen molar-refractivity contribution >= 4 is 27.6 Å².